The fourth-order valence-corrected chi connectivity index (χ4v) is 1.79. The number of rotatable bonds is 5. The number of alkyl halides is 1. The molecule has 8 nitrogen and oxygen atoms in total. The molecular formula is C14H26BrNO7. The number of morpholine rings is 1. The number of hydrogen-bond donors (Lipinski definition) is 1. The normalized spacial score (nSPS) is 12.8. The van der Waals surface area contributed by atoms with E-state index in [1.54, 1.807) is 18.7 Å². The Morgan fingerprint density at radius 2 is 1.48 bits per heavy atom. The molecule has 0 atom stereocenters. The van der Waals surface area contributed by atoms with Gasteiger partial charge in [0, 0.05) is 20.2 Å². The first-order valence-corrected chi connectivity index (χ1v) is 8.34. The van der Waals surface area contributed by atoms with Gasteiger partial charge in [-0.3, -0.25) is 14.4 Å². The smallest absolute Gasteiger partial charge is 0.317 e. The van der Waals surface area contributed by atoms with Crippen LogP contribution in [-0.2, 0) is 28.6 Å². The lowest BCUT2D eigenvalue weighted by Crippen LogP contribution is -2.41. The second-order valence-electron chi connectivity index (χ2n) is 3.91. The molecule has 0 aromatic rings. The van der Waals surface area contributed by atoms with Gasteiger partial charge in [0.15, 0.2) is 0 Å². The largest absolute Gasteiger partial charge is 0.466 e. The van der Waals surface area contributed by atoms with Gasteiger partial charge < -0.3 is 24.2 Å². The number of nitrogens with zero attached hydrogens (tertiary/aromatic N) is 1. The Morgan fingerprint density at radius 3 is 1.83 bits per heavy atom. The number of aliphatic hydroxyl groups excluding tert-OH is 1. The van der Waals surface area contributed by atoms with Gasteiger partial charge in [-0.1, -0.05) is 15.9 Å². The summed E-state index contributed by atoms with van der Waals surface area (Å²) >= 11 is 3.12. The van der Waals surface area contributed by atoms with Crippen LogP contribution in [-0.4, -0.2) is 79.8 Å². The molecule has 1 aliphatic rings. The third-order valence-corrected chi connectivity index (χ3v) is 2.86. The molecule has 1 saturated heterocycles. The molecule has 0 bridgehead atoms. The molecule has 0 aliphatic carbocycles. The summed E-state index contributed by atoms with van der Waals surface area (Å²) in [7, 11) is 1.00. The van der Waals surface area contributed by atoms with Crippen LogP contribution < -0.4 is 0 Å². The first-order chi connectivity index (χ1) is 11.0. The van der Waals surface area contributed by atoms with E-state index in [-0.39, 0.29) is 25.5 Å². The number of esters is 2. The lowest BCUT2D eigenvalue weighted by Gasteiger charge is -2.25. The molecule has 1 aliphatic heterocycles. The minimum atomic E-state index is -0.536. The number of ether oxygens (including phenoxy) is 3. The van der Waals surface area contributed by atoms with E-state index in [0.29, 0.717) is 18.5 Å². The van der Waals surface area contributed by atoms with Crippen LogP contribution in [0.15, 0.2) is 0 Å². The third kappa shape index (κ3) is 14.2. The SMILES string of the molecule is CCOC(=O)CC(=O)OCC.CO.O=C(CBr)N1CCOCC1. The van der Waals surface area contributed by atoms with Crippen LogP contribution in [0.25, 0.3) is 0 Å². The Balaban J connectivity index is 0. The van der Waals surface area contributed by atoms with Crippen molar-refractivity contribution in [1.29, 1.82) is 0 Å². The average molecular weight is 400 g/mol. The molecule has 1 heterocycles. The first-order valence-electron chi connectivity index (χ1n) is 7.22. The summed E-state index contributed by atoms with van der Waals surface area (Å²) in [5.74, 6) is -0.916. The molecule has 136 valence electrons. The molecule has 0 unspecified atom stereocenters. The second-order valence-corrected chi connectivity index (χ2v) is 4.47. The number of aliphatic hydroxyl groups is 1. The summed E-state index contributed by atoms with van der Waals surface area (Å²) in [5.41, 5.74) is 0. The lowest BCUT2D eigenvalue weighted by molar-refractivity contribution is -0.153. The van der Waals surface area contributed by atoms with Crippen molar-refractivity contribution in [2.75, 3.05) is 52.0 Å². The summed E-state index contributed by atoms with van der Waals surface area (Å²) in [6.45, 7) is 6.79. The van der Waals surface area contributed by atoms with E-state index in [9.17, 15) is 14.4 Å². The van der Waals surface area contributed by atoms with E-state index in [1.807, 2.05) is 0 Å². The number of halogens is 1. The van der Waals surface area contributed by atoms with Crippen LogP contribution in [0.2, 0.25) is 0 Å². The van der Waals surface area contributed by atoms with Crippen molar-refractivity contribution in [3.63, 3.8) is 0 Å². The van der Waals surface area contributed by atoms with Crippen molar-refractivity contribution in [2.24, 2.45) is 0 Å². The Labute approximate surface area is 145 Å². The van der Waals surface area contributed by atoms with Gasteiger partial charge in [0.2, 0.25) is 5.91 Å². The van der Waals surface area contributed by atoms with E-state index in [2.05, 4.69) is 25.4 Å². The van der Waals surface area contributed by atoms with Crippen LogP contribution in [0.1, 0.15) is 20.3 Å². The molecule has 1 amide bonds. The highest BCUT2D eigenvalue weighted by Gasteiger charge is 2.14. The summed E-state index contributed by atoms with van der Waals surface area (Å²) in [4.78, 5) is 34.0. The zero-order valence-corrected chi connectivity index (χ0v) is 15.5. The molecule has 1 fully saturated rings. The number of carbonyl (C=O) groups excluding carboxylic acids is 3. The van der Waals surface area contributed by atoms with E-state index in [1.165, 1.54) is 0 Å². The van der Waals surface area contributed by atoms with E-state index in [0.717, 1.165) is 20.2 Å². The maximum absolute atomic E-state index is 11.0. The maximum Gasteiger partial charge on any atom is 0.317 e. The monoisotopic (exact) mass is 399 g/mol. The molecule has 0 spiro atoms. The fraction of sp³-hybridized carbons (Fsp3) is 0.786. The average Bonchev–Trinajstić information content (AvgIpc) is 2.57. The zero-order valence-electron chi connectivity index (χ0n) is 13.9. The molecule has 1 rings (SSSR count). The van der Waals surface area contributed by atoms with Crippen molar-refractivity contribution in [3.05, 3.63) is 0 Å². The number of amides is 1. The van der Waals surface area contributed by atoms with Crippen LogP contribution >= 0.6 is 15.9 Å². The summed E-state index contributed by atoms with van der Waals surface area (Å²) < 4.78 is 14.1. The van der Waals surface area contributed by atoms with Crippen molar-refractivity contribution in [1.82, 2.24) is 4.90 Å². The molecule has 1 N–H and O–H groups in total. The molecule has 0 radical (unpaired) electrons. The van der Waals surface area contributed by atoms with Crippen molar-refractivity contribution in [2.45, 2.75) is 20.3 Å². The number of hydrogen-bond acceptors (Lipinski definition) is 7. The van der Waals surface area contributed by atoms with Crippen molar-refractivity contribution in [3.8, 4) is 0 Å². The summed E-state index contributed by atoms with van der Waals surface area (Å²) in [6.07, 6.45) is -0.290. The molecule has 0 aromatic heterocycles. The Morgan fingerprint density at radius 1 is 1.04 bits per heavy atom. The van der Waals surface area contributed by atoms with E-state index < -0.39 is 11.9 Å². The minimum absolute atomic E-state index is 0.156. The van der Waals surface area contributed by atoms with Gasteiger partial charge in [0.05, 0.1) is 31.8 Å². The van der Waals surface area contributed by atoms with Crippen molar-refractivity contribution < 1.29 is 33.7 Å². The molecule has 0 saturated carbocycles. The molecule has 9 heteroatoms. The zero-order chi connectivity index (χ0) is 18.1. The Kier molecular flexibility index (Phi) is 18.0. The standard InChI is InChI=1S/C7H12O4.C6H10BrNO2.CH4O/c1-3-10-6(8)5-7(9)11-4-2;7-5-6(9)8-1-3-10-4-2-8;1-2/h3-5H2,1-2H3;1-5H2;2H,1H3. The highest BCUT2D eigenvalue weighted by atomic mass is 79.9. The highest BCUT2D eigenvalue weighted by molar-refractivity contribution is 9.09. The third-order valence-electron chi connectivity index (χ3n) is 2.38. The predicted octanol–water partition coefficient (Wildman–Crippen LogP) is 0.351. The van der Waals surface area contributed by atoms with Gasteiger partial charge in [0.1, 0.15) is 6.42 Å². The summed E-state index contributed by atoms with van der Waals surface area (Å²) in [6, 6.07) is 0. The maximum atomic E-state index is 11.0. The first kappa shape index (κ1) is 24.1. The van der Waals surface area contributed by atoms with Gasteiger partial charge in [-0.2, -0.15) is 0 Å². The summed E-state index contributed by atoms with van der Waals surface area (Å²) in [5, 5.41) is 7.42. The Bertz CT molecular complexity index is 317. The van der Waals surface area contributed by atoms with Crippen LogP contribution in [0.3, 0.4) is 0 Å². The van der Waals surface area contributed by atoms with Gasteiger partial charge in [0.25, 0.3) is 0 Å². The molecular weight excluding hydrogens is 374 g/mol. The second kappa shape index (κ2) is 17.2. The van der Waals surface area contributed by atoms with Crippen LogP contribution in [0, 0.1) is 0 Å². The molecule has 23 heavy (non-hydrogen) atoms. The lowest BCUT2D eigenvalue weighted by atomic mass is 10.4. The van der Waals surface area contributed by atoms with Gasteiger partial charge in [-0.15, -0.1) is 0 Å². The highest BCUT2D eigenvalue weighted by Crippen LogP contribution is 1.98. The van der Waals surface area contributed by atoms with Crippen LogP contribution in [0.5, 0.6) is 0 Å². The Hall–Kier alpha value is -1.19. The molecule has 0 aromatic carbocycles. The van der Waals surface area contributed by atoms with E-state index >= 15 is 0 Å². The van der Waals surface area contributed by atoms with Crippen LogP contribution in [0.4, 0.5) is 0 Å². The number of carbonyl (C=O) groups is 3. The quantitative estimate of drug-likeness (QED) is 0.404. The van der Waals surface area contributed by atoms with Gasteiger partial charge in [-0.25, -0.2) is 0 Å². The minimum Gasteiger partial charge on any atom is -0.466 e. The predicted molar refractivity (Wildman–Crippen MR) is 87.2 cm³/mol. The van der Waals surface area contributed by atoms with E-state index in [4.69, 9.17) is 9.84 Å². The van der Waals surface area contributed by atoms with Crippen molar-refractivity contribution >= 4 is 33.8 Å². The van der Waals surface area contributed by atoms with Gasteiger partial charge >= 0.3 is 11.9 Å². The van der Waals surface area contributed by atoms with Gasteiger partial charge in [-0.05, 0) is 13.8 Å². The fourth-order valence-electron chi connectivity index (χ4n) is 1.44. The topological polar surface area (TPSA) is 102 Å².